The summed E-state index contributed by atoms with van der Waals surface area (Å²) < 4.78 is 11.0. The van der Waals surface area contributed by atoms with Gasteiger partial charge in [-0.3, -0.25) is 10.1 Å². The lowest BCUT2D eigenvalue weighted by molar-refractivity contribution is 0.102. The standard InChI is InChI=1S/C16H11ClN2O3S2/c17-10-6-9(7-12-14(10)22-4-3-21-12)15(20)19-16-18-11(8-24-16)13-2-1-5-23-13/h1-2,5-8H,3-4H2,(H,18,19,20). The molecule has 0 unspecified atom stereocenters. The molecule has 0 saturated carbocycles. The van der Waals surface area contributed by atoms with E-state index in [4.69, 9.17) is 21.1 Å². The molecule has 2 aromatic heterocycles. The Morgan fingerprint density at radius 1 is 1.25 bits per heavy atom. The summed E-state index contributed by atoms with van der Waals surface area (Å²) in [4.78, 5) is 18.0. The second-order valence-electron chi connectivity index (χ2n) is 4.95. The van der Waals surface area contributed by atoms with Gasteiger partial charge >= 0.3 is 0 Å². The maximum absolute atomic E-state index is 12.5. The predicted molar refractivity (Wildman–Crippen MR) is 95.8 cm³/mol. The van der Waals surface area contributed by atoms with Crippen LogP contribution < -0.4 is 14.8 Å². The number of anilines is 1. The van der Waals surface area contributed by atoms with E-state index >= 15 is 0 Å². The summed E-state index contributed by atoms with van der Waals surface area (Å²) in [5.41, 5.74) is 1.25. The van der Waals surface area contributed by atoms with E-state index in [1.165, 1.54) is 11.3 Å². The van der Waals surface area contributed by atoms with Gasteiger partial charge in [0.1, 0.15) is 13.2 Å². The first-order valence-corrected chi connectivity index (χ1v) is 9.24. The molecule has 0 saturated heterocycles. The maximum Gasteiger partial charge on any atom is 0.257 e. The van der Waals surface area contributed by atoms with Crippen molar-refractivity contribution in [3.8, 4) is 22.1 Å². The Labute approximate surface area is 150 Å². The highest BCUT2D eigenvalue weighted by Crippen LogP contribution is 2.38. The Kier molecular flexibility index (Phi) is 4.13. The van der Waals surface area contributed by atoms with E-state index in [0.29, 0.717) is 40.4 Å². The van der Waals surface area contributed by atoms with Crippen molar-refractivity contribution in [2.45, 2.75) is 0 Å². The molecule has 1 aliphatic heterocycles. The fraction of sp³-hybridized carbons (Fsp3) is 0.125. The fourth-order valence-corrected chi connectivity index (χ4v) is 4.01. The average Bonchev–Trinajstić information content (AvgIpc) is 3.26. The maximum atomic E-state index is 12.5. The lowest BCUT2D eigenvalue weighted by Crippen LogP contribution is -2.17. The van der Waals surface area contributed by atoms with Crippen LogP contribution in [0.2, 0.25) is 5.02 Å². The van der Waals surface area contributed by atoms with E-state index in [-0.39, 0.29) is 5.91 Å². The monoisotopic (exact) mass is 378 g/mol. The van der Waals surface area contributed by atoms with Crippen LogP contribution in [0, 0.1) is 0 Å². The number of halogens is 1. The minimum atomic E-state index is -0.291. The van der Waals surface area contributed by atoms with Crippen LogP contribution in [0.3, 0.4) is 0 Å². The van der Waals surface area contributed by atoms with Gasteiger partial charge in [0.2, 0.25) is 0 Å². The molecule has 1 N–H and O–H groups in total. The van der Waals surface area contributed by atoms with Crippen molar-refractivity contribution < 1.29 is 14.3 Å². The van der Waals surface area contributed by atoms with Gasteiger partial charge in [0, 0.05) is 10.9 Å². The number of thiazole rings is 1. The smallest absolute Gasteiger partial charge is 0.257 e. The van der Waals surface area contributed by atoms with Gasteiger partial charge in [-0.1, -0.05) is 17.7 Å². The summed E-state index contributed by atoms with van der Waals surface area (Å²) in [6.45, 7) is 0.883. The third-order valence-corrected chi connectivity index (χ3v) is 5.29. The second-order valence-corrected chi connectivity index (χ2v) is 7.16. The van der Waals surface area contributed by atoms with Crippen LogP contribution in [-0.4, -0.2) is 24.1 Å². The number of hydrogen-bond donors (Lipinski definition) is 1. The summed E-state index contributed by atoms with van der Waals surface area (Å²) in [7, 11) is 0. The molecular weight excluding hydrogens is 368 g/mol. The molecule has 0 bridgehead atoms. The number of ether oxygens (including phenoxy) is 2. The van der Waals surface area contributed by atoms with Crippen molar-refractivity contribution in [1.82, 2.24) is 4.98 Å². The molecule has 122 valence electrons. The first-order chi connectivity index (χ1) is 11.7. The van der Waals surface area contributed by atoms with Gasteiger partial charge in [0.15, 0.2) is 16.6 Å². The fourth-order valence-electron chi connectivity index (χ4n) is 2.28. The molecule has 0 spiro atoms. The number of nitrogens with zero attached hydrogens (tertiary/aromatic N) is 1. The molecule has 3 heterocycles. The van der Waals surface area contributed by atoms with Gasteiger partial charge in [-0.05, 0) is 23.6 Å². The summed E-state index contributed by atoms with van der Waals surface area (Å²) in [5, 5.41) is 7.59. The van der Waals surface area contributed by atoms with Crippen molar-refractivity contribution in [2.75, 3.05) is 18.5 Å². The highest BCUT2D eigenvalue weighted by Gasteiger charge is 2.20. The third kappa shape index (κ3) is 2.98. The molecule has 4 rings (SSSR count). The average molecular weight is 379 g/mol. The number of fused-ring (bicyclic) bond motifs is 1. The number of carbonyl (C=O) groups excluding carboxylic acids is 1. The van der Waals surface area contributed by atoms with E-state index in [9.17, 15) is 4.79 Å². The van der Waals surface area contributed by atoms with Gasteiger partial charge in [-0.2, -0.15) is 0 Å². The normalized spacial score (nSPS) is 12.9. The number of rotatable bonds is 3. The van der Waals surface area contributed by atoms with Gasteiger partial charge in [0.25, 0.3) is 5.91 Å². The highest BCUT2D eigenvalue weighted by atomic mass is 35.5. The van der Waals surface area contributed by atoms with Crippen molar-refractivity contribution in [3.63, 3.8) is 0 Å². The zero-order valence-electron chi connectivity index (χ0n) is 12.2. The summed E-state index contributed by atoms with van der Waals surface area (Å²) in [6.07, 6.45) is 0. The third-order valence-electron chi connectivity index (χ3n) is 3.36. The number of hydrogen-bond acceptors (Lipinski definition) is 6. The Bertz CT molecular complexity index is 893. The van der Waals surface area contributed by atoms with Crippen LogP contribution in [0.5, 0.6) is 11.5 Å². The molecule has 0 aliphatic carbocycles. The van der Waals surface area contributed by atoms with Gasteiger partial charge in [-0.25, -0.2) is 4.98 Å². The second kappa shape index (κ2) is 6.43. The molecule has 8 heteroatoms. The number of carbonyl (C=O) groups is 1. The van der Waals surface area contributed by atoms with Crippen molar-refractivity contribution in [2.24, 2.45) is 0 Å². The van der Waals surface area contributed by atoms with Crippen LogP contribution in [0.1, 0.15) is 10.4 Å². The Morgan fingerprint density at radius 2 is 2.12 bits per heavy atom. The Morgan fingerprint density at radius 3 is 2.96 bits per heavy atom. The number of nitrogens with one attached hydrogen (secondary N) is 1. The summed E-state index contributed by atoms with van der Waals surface area (Å²) in [5.74, 6) is 0.673. The molecule has 0 radical (unpaired) electrons. The lowest BCUT2D eigenvalue weighted by atomic mass is 10.2. The first kappa shape index (κ1) is 15.4. The lowest BCUT2D eigenvalue weighted by Gasteiger charge is -2.20. The van der Waals surface area contributed by atoms with E-state index in [1.807, 2.05) is 22.9 Å². The Balaban J connectivity index is 1.55. The molecule has 3 aromatic rings. The molecular formula is C16H11ClN2O3S2. The van der Waals surface area contributed by atoms with Crippen molar-refractivity contribution in [3.05, 3.63) is 45.6 Å². The van der Waals surface area contributed by atoms with E-state index in [1.54, 1.807) is 23.5 Å². The summed E-state index contributed by atoms with van der Waals surface area (Å²) >= 11 is 9.15. The summed E-state index contributed by atoms with van der Waals surface area (Å²) in [6, 6.07) is 7.16. The zero-order valence-corrected chi connectivity index (χ0v) is 14.6. The molecule has 0 atom stereocenters. The zero-order chi connectivity index (χ0) is 16.5. The minimum absolute atomic E-state index is 0.291. The molecule has 1 aliphatic rings. The van der Waals surface area contributed by atoms with Gasteiger partial charge < -0.3 is 9.47 Å². The van der Waals surface area contributed by atoms with E-state index in [2.05, 4.69) is 10.3 Å². The van der Waals surface area contributed by atoms with Crippen molar-refractivity contribution >= 4 is 45.3 Å². The molecule has 5 nitrogen and oxygen atoms in total. The SMILES string of the molecule is O=C(Nc1nc(-c2cccs2)cs1)c1cc(Cl)c2c(c1)OCCO2. The number of amides is 1. The predicted octanol–water partition coefficient (Wildman–Crippen LogP) is 4.55. The molecule has 1 aromatic carbocycles. The number of benzene rings is 1. The van der Waals surface area contributed by atoms with Gasteiger partial charge in [0.05, 0.1) is 15.6 Å². The minimum Gasteiger partial charge on any atom is -0.486 e. The van der Waals surface area contributed by atoms with Crippen molar-refractivity contribution in [1.29, 1.82) is 0 Å². The van der Waals surface area contributed by atoms with Gasteiger partial charge in [-0.15, -0.1) is 22.7 Å². The number of aromatic nitrogens is 1. The molecule has 24 heavy (non-hydrogen) atoms. The highest BCUT2D eigenvalue weighted by molar-refractivity contribution is 7.16. The van der Waals surface area contributed by atoms with Crippen LogP contribution in [-0.2, 0) is 0 Å². The van der Waals surface area contributed by atoms with Crippen LogP contribution in [0.25, 0.3) is 10.6 Å². The largest absolute Gasteiger partial charge is 0.486 e. The van der Waals surface area contributed by atoms with Crippen LogP contribution in [0.4, 0.5) is 5.13 Å². The number of thiophene rings is 1. The topological polar surface area (TPSA) is 60.5 Å². The van der Waals surface area contributed by atoms with Crippen LogP contribution >= 0.6 is 34.3 Å². The first-order valence-electron chi connectivity index (χ1n) is 7.10. The quantitative estimate of drug-likeness (QED) is 0.726. The molecule has 0 fully saturated rings. The Hall–Kier alpha value is -2.09. The molecule has 1 amide bonds. The van der Waals surface area contributed by atoms with E-state index < -0.39 is 0 Å². The van der Waals surface area contributed by atoms with E-state index in [0.717, 1.165) is 10.6 Å². The van der Waals surface area contributed by atoms with Crippen LogP contribution in [0.15, 0.2) is 35.0 Å².